The van der Waals surface area contributed by atoms with Crippen LogP contribution in [0.25, 0.3) is 0 Å². The van der Waals surface area contributed by atoms with Crippen LogP contribution in [0.5, 0.6) is 5.75 Å². The van der Waals surface area contributed by atoms with Gasteiger partial charge < -0.3 is 14.9 Å². The van der Waals surface area contributed by atoms with Gasteiger partial charge in [0.05, 0.1) is 0 Å². The number of hydrogen-bond acceptors (Lipinski definition) is 4. The molecule has 0 aromatic heterocycles. The average molecular weight is 372 g/mol. The topological polar surface area (TPSA) is 47.0 Å². The number of phenols is 1. The molecule has 2 saturated heterocycles. The fourth-order valence-corrected chi connectivity index (χ4v) is 5.28. The zero-order chi connectivity index (χ0) is 18.7. The first kappa shape index (κ1) is 18.6. The van der Waals surface area contributed by atoms with E-state index in [1.165, 1.54) is 38.5 Å². The lowest BCUT2D eigenvalue weighted by atomic mass is 9.78. The lowest BCUT2D eigenvalue weighted by Gasteiger charge is -2.50. The third kappa shape index (κ3) is 3.79. The Morgan fingerprint density at radius 2 is 1.52 bits per heavy atom. The maximum absolute atomic E-state index is 13.7. The Labute approximate surface area is 162 Å². The number of anilines is 1. The number of aromatic hydroxyl groups is 1. The van der Waals surface area contributed by atoms with Gasteiger partial charge in [-0.1, -0.05) is 31.7 Å². The van der Waals surface area contributed by atoms with Crippen LogP contribution in [0.2, 0.25) is 0 Å². The van der Waals surface area contributed by atoms with Crippen LogP contribution in [-0.4, -0.2) is 65.6 Å². The van der Waals surface area contributed by atoms with Crippen LogP contribution in [0.15, 0.2) is 24.3 Å². The number of amides is 1. The van der Waals surface area contributed by atoms with Gasteiger partial charge in [-0.3, -0.25) is 9.69 Å². The molecule has 1 amide bonds. The van der Waals surface area contributed by atoms with Gasteiger partial charge in [0, 0.05) is 37.9 Å². The van der Waals surface area contributed by atoms with Crippen LogP contribution in [0.4, 0.5) is 5.69 Å². The highest BCUT2D eigenvalue weighted by Crippen LogP contribution is 2.37. The molecule has 2 heterocycles. The monoisotopic (exact) mass is 371 g/mol. The van der Waals surface area contributed by atoms with Gasteiger partial charge >= 0.3 is 0 Å². The highest BCUT2D eigenvalue weighted by atomic mass is 16.3. The second kappa shape index (κ2) is 8.09. The summed E-state index contributed by atoms with van der Waals surface area (Å²) in [5, 5.41) is 9.74. The molecule has 0 spiro atoms. The van der Waals surface area contributed by atoms with Crippen molar-refractivity contribution in [3.05, 3.63) is 24.3 Å². The number of benzene rings is 1. The van der Waals surface area contributed by atoms with Crippen molar-refractivity contribution in [3.63, 3.8) is 0 Å². The summed E-state index contributed by atoms with van der Waals surface area (Å²) in [6.45, 7) is 5.43. The maximum Gasteiger partial charge on any atom is 0.243 e. The summed E-state index contributed by atoms with van der Waals surface area (Å²) in [7, 11) is 0. The Bertz CT molecular complexity index is 643. The quantitative estimate of drug-likeness (QED) is 0.886. The van der Waals surface area contributed by atoms with Crippen molar-refractivity contribution in [2.75, 3.05) is 44.2 Å². The molecule has 0 bridgehead atoms. The van der Waals surface area contributed by atoms with Crippen molar-refractivity contribution in [2.45, 2.75) is 56.9 Å². The number of piperidine rings is 1. The molecule has 27 heavy (non-hydrogen) atoms. The minimum absolute atomic E-state index is 0.230. The van der Waals surface area contributed by atoms with Crippen LogP contribution in [0.1, 0.15) is 51.4 Å². The van der Waals surface area contributed by atoms with Crippen LogP contribution >= 0.6 is 0 Å². The van der Waals surface area contributed by atoms with Gasteiger partial charge in [0.15, 0.2) is 0 Å². The van der Waals surface area contributed by atoms with E-state index in [1.54, 1.807) is 6.07 Å². The van der Waals surface area contributed by atoms with Gasteiger partial charge in [0.2, 0.25) is 5.91 Å². The van der Waals surface area contributed by atoms with E-state index in [2.05, 4.69) is 14.7 Å². The molecule has 3 aliphatic rings. The Morgan fingerprint density at radius 1 is 0.852 bits per heavy atom. The molecule has 0 atom stereocenters. The number of nitrogens with zero attached hydrogens (tertiary/aromatic N) is 3. The number of phenolic OH excluding ortho intramolecular Hbond substituents is 1. The summed E-state index contributed by atoms with van der Waals surface area (Å²) in [5.41, 5.74) is 0.816. The highest BCUT2D eigenvalue weighted by molar-refractivity contribution is 5.87. The zero-order valence-corrected chi connectivity index (χ0v) is 16.4. The number of piperazine rings is 1. The third-order valence-electron chi connectivity index (χ3n) is 6.80. The van der Waals surface area contributed by atoms with E-state index in [4.69, 9.17) is 0 Å². The number of carbonyl (C=O) groups is 1. The van der Waals surface area contributed by atoms with Gasteiger partial charge in [-0.25, -0.2) is 0 Å². The lowest BCUT2D eigenvalue weighted by Crippen LogP contribution is -2.64. The number of rotatable bonds is 3. The minimum Gasteiger partial charge on any atom is -0.508 e. The minimum atomic E-state index is -0.230. The van der Waals surface area contributed by atoms with E-state index in [0.717, 1.165) is 57.8 Å². The summed E-state index contributed by atoms with van der Waals surface area (Å²) in [6.07, 6.45) is 9.51. The largest absolute Gasteiger partial charge is 0.508 e. The number of carbonyl (C=O) groups excluding carboxylic acids is 1. The van der Waals surface area contributed by atoms with E-state index in [-0.39, 0.29) is 5.54 Å². The van der Waals surface area contributed by atoms with E-state index in [9.17, 15) is 9.90 Å². The van der Waals surface area contributed by atoms with Crippen LogP contribution in [0.3, 0.4) is 0 Å². The van der Waals surface area contributed by atoms with Crippen molar-refractivity contribution < 1.29 is 9.90 Å². The van der Waals surface area contributed by atoms with Crippen molar-refractivity contribution in [3.8, 4) is 5.75 Å². The van der Waals surface area contributed by atoms with E-state index in [1.807, 2.05) is 18.2 Å². The third-order valence-corrected chi connectivity index (χ3v) is 6.80. The summed E-state index contributed by atoms with van der Waals surface area (Å²) in [6, 6.07) is 7.44. The van der Waals surface area contributed by atoms with E-state index < -0.39 is 0 Å². The molecule has 0 unspecified atom stereocenters. The second-order valence-corrected chi connectivity index (χ2v) is 8.44. The Morgan fingerprint density at radius 3 is 2.19 bits per heavy atom. The zero-order valence-electron chi connectivity index (χ0n) is 16.4. The molecule has 1 aliphatic carbocycles. The van der Waals surface area contributed by atoms with Crippen LogP contribution < -0.4 is 4.90 Å². The lowest BCUT2D eigenvalue weighted by molar-refractivity contribution is -0.148. The fourth-order valence-electron chi connectivity index (χ4n) is 5.28. The van der Waals surface area contributed by atoms with Crippen molar-refractivity contribution in [2.24, 2.45) is 0 Å². The standard InChI is InChI=1S/C22H33N3O2/c26-20-9-7-8-19(18-20)23-14-16-24(17-15-23)21(27)22(10-3-1-4-11-22)25-12-5-2-6-13-25/h7-9,18,26H,1-6,10-17H2. The predicted molar refractivity (Wildman–Crippen MR) is 108 cm³/mol. The van der Waals surface area contributed by atoms with Gasteiger partial charge in [0.1, 0.15) is 11.3 Å². The van der Waals surface area contributed by atoms with Gasteiger partial charge in [-0.05, 0) is 50.9 Å². The Balaban J connectivity index is 1.45. The summed E-state index contributed by atoms with van der Waals surface area (Å²) >= 11 is 0. The molecular formula is C22H33N3O2. The fraction of sp³-hybridized carbons (Fsp3) is 0.682. The van der Waals surface area contributed by atoms with E-state index >= 15 is 0 Å². The molecule has 1 N–H and O–H groups in total. The number of likely N-dealkylation sites (tertiary alicyclic amines) is 1. The molecule has 5 nitrogen and oxygen atoms in total. The number of hydrogen-bond donors (Lipinski definition) is 1. The average Bonchev–Trinajstić information content (AvgIpc) is 2.74. The molecule has 5 heteroatoms. The maximum atomic E-state index is 13.7. The van der Waals surface area contributed by atoms with Gasteiger partial charge in [-0.2, -0.15) is 0 Å². The first-order chi connectivity index (χ1) is 13.2. The highest BCUT2D eigenvalue weighted by Gasteiger charge is 2.47. The van der Waals surface area contributed by atoms with Crippen molar-refractivity contribution in [1.29, 1.82) is 0 Å². The molecule has 0 radical (unpaired) electrons. The first-order valence-electron chi connectivity index (χ1n) is 10.8. The van der Waals surface area contributed by atoms with Crippen molar-refractivity contribution in [1.82, 2.24) is 9.80 Å². The van der Waals surface area contributed by atoms with Gasteiger partial charge in [0.25, 0.3) is 0 Å². The predicted octanol–water partition coefficient (Wildman–Crippen LogP) is 3.23. The first-order valence-corrected chi connectivity index (χ1v) is 10.8. The van der Waals surface area contributed by atoms with E-state index in [0.29, 0.717) is 11.7 Å². The molecule has 3 fully saturated rings. The van der Waals surface area contributed by atoms with Crippen LogP contribution in [0, 0.1) is 0 Å². The molecule has 1 saturated carbocycles. The van der Waals surface area contributed by atoms with Crippen molar-refractivity contribution >= 4 is 11.6 Å². The smallest absolute Gasteiger partial charge is 0.243 e. The van der Waals surface area contributed by atoms with Gasteiger partial charge in [-0.15, -0.1) is 0 Å². The summed E-state index contributed by atoms with van der Waals surface area (Å²) < 4.78 is 0. The molecule has 4 rings (SSSR count). The molecule has 2 aliphatic heterocycles. The second-order valence-electron chi connectivity index (χ2n) is 8.44. The SMILES string of the molecule is O=C(N1CCN(c2cccc(O)c2)CC1)C1(N2CCCCC2)CCCCC1. The Hall–Kier alpha value is -1.75. The Kier molecular flexibility index (Phi) is 5.58. The summed E-state index contributed by atoms with van der Waals surface area (Å²) in [5.74, 6) is 0.692. The molecule has 148 valence electrons. The normalized spacial score (nSPS) is 24.0. The molecule has 1 aromatic carbocycles. The summed E-state index contributed by atoms with van der Waals surface area (Å²) in [4.78, 5) is 20.6. The molecule has 1 aromatic rings. The van der Waals surface area contributed by atoms with Crippen LogP contribution in [-0.2, 0) is 4.79 Å². The molecular weight excluding hydrogens is 338 g/mol.